The van der Waals surface area contributed by atoms with E-state index in [1.54, 1.807) is 19.1 Å². The van der Waals surface area contributed by atoms with Gasteiger partial charge in [0.15, 0.2) is 0 Å². The van der Waals surface area contributed by atoms with Crippen molar-refractivity contribution in [3.8, 4) is 16.9 Å². The van der Waals surface area contributed by atoms with Crippen LogP contribution in [0.1, 0.15) is 64.5 Å². The zero-order chi connectivity index (χ0) is 35.9. The number of aliphatic hydroxyl groups is 2. The van der Waals surface area contributed by atoms with Gasteiger partial charge in [0.25, 0.3) is 0 Å². The Hall–Kier alpha value is -3.22. The highest BCUT2D eigenvalue weighted by atomic mass is 16.7. The molecule has 11 heteroatoms. The number of aliphatic hydroxyl groups excluding tert-OH is 2. The highest BCUT2D eigenvalue weighted by molar-refractivity contribution is 6.00. The third-order valence-corrected chi connectivity index (χ3v) is 12.2. The molecule has 3 aliphatic carbocycles. The molecule has 7 rings (SSSR count). The van der Waals surface area contributed by atoms with Crippen LogP contribution in [0.15, 0.2) is 41.4 Å². The minimum atomic E-state index is -0.878. The Bertz CT molecular complexity index is 1560. The number of fused-ring (bicyclic) bond motifs is 2. The monoisotopic (exact) mass is 691 g/mol. The number of hydrogen-bond acceptors (Lipinski definition) is 9. The lowest BCUT2D eigenvalue weighted by molar-refractivity contribution is -0.183. The van der Waals surface area contributed by atoms with Gasteiger partial charge < -0.3 is 35.6 Å². The van der Waals surface area contributed by atoms with E-state index >= 15 is 0 Å². The van der Waals surface area contributed by atoms with Crippen LogP contribution in [-0.2, 0) is 20.9 Å². The molecule has 0 unspecified atom stereocenters. The van der Waals surface area contributed by atoms with Crippen LogP contribution in [0.5, 0.6) is 5.75 Å². The molecule has 2 aromatic carbocycles. The summed E-state index contributed by atoms with van der Waals surface area (Å²) in [7, 11) is 5.61. The number of ether oxygens (including phenoxy) is 2. The second-order valence-corrected chi connectivity index (χ2v) is 15.8. The molecule has 5 aliphatic rings. The van der Waals surface area contributed by atoms with Crippen molar-refractivity contribution in [1.82, 2.24) is 10.4 Å². The van der Waals surface area contributed by atoms with E-state index < -0.39 is 24.2 Å². The van der Waals surface area contributed by atoms with Gasteiger partial charge in [0.05, 0.1) is 39.0 Å². The maximum atomic E-state index is 14.2. The van der Waals surface area contributed by atoms with Gasteiger partial charge in [-0.2, -0.15) is 5.06 Å². The summed E-state index contributed by atoms with van der Waals surface area (Å²) < 4.78 is 11.8. The molecule has 0 spiro atoms. The van der Waals surface area contributed by atoms with Gasteiger partial charge in [-0.25, -0.2) is 0 Å². The summed E-state index contributed by atoms with van der Waals surface area (Å²) in [6, 6.07) is 11.3. The van der Waals surface area contributed by atoms with Crippen molar-refractivity contribution < 1.29 is 29.3 Å². The van der Waals surface area contributed by atoms with Crippen molar-refractivity contribution in [3.63, 3.8) is 0 Å². The molecule has 50 heavy (non-hydrogen) atoms. The minimum absolute atomic E-state index is 0.0571. The van der Waals surface area contributed by atoms with Gasteiger partial charge >= 0.3 is 0 Å². The number of carbonyl (C=O) groups excluding carboxylic acids is 1. The molecule has 9 atom stereocenters. The summed E-state index contributed by atoms with van der Waals surface area (Å²) in [6.07, 6.45) is 2.69. The Morgan fingerprint density at radius 2 is 2.02 bits per heavy atom. The van der Waals surface area contributed by atoms with E-state index in [1.807, 2.05) is 49.3 Å². The van der Waals surface area contributed by atoms with Gasteiger partial charge in [-0.05, 0) is 79.5 Å². The van der Waals surface area contributed by atoms with Crippen LogP contribution in [0.2, 0.25) is 0 Å². The number of amides is 1. The van der Waals surface area contributed by atoms with Crippen LogP contribution < -0.4 is 20.7 Å². The van der Waals surface area contributed by atoms with Gasteiger partial charge in [-0.15, -0.1) is 0 Å². The van der Waals surface area contributed by atoms with Crippen LogP contribution in [-0.4, -0.2) is 98.4 Å². The fraction of sp³-hybridized carbons (Fsp3) is 0.641. The first-order valence-corrected chi connectivity index (χ1v) is 18.3. The van der Waals surface area contributed by atoms with Crippen molar-refractivity contribution in [1.29, 1.82) is 0 Å². The first kappa shape index (κ1) is 36.6. The minimum Gasteiger partial charge on any atom is -0.496 e. The number of carbonyl (C=O) groups is 1. The molecule has 2 saturated heterocycles. The maximum Gasteiger partial charge on any atom is 0.240 e. The average Bonchev–Trinajstić information content (AvgIpc) is 3.75. The fourth-order valence-corrected chi connectivity index (χ4v) is 9.08. The third-order valence-electron chi connectivity index (χ3n) is 12.2. The third kappa shape index (κ3) is 6.99. The van der Waals surface area contributed by atoms with Crippen LogP contribution in [0.4, 0.5) is 5.69 Å². The first-order chi connectivity index (χ1) is 23.8. The largest absolute Gasteiger partial charge is 0.496 e. The number of amidine groups is 1. The molecule has 5 N–H and O–H groups in total. The molecule has 2 aromatic rings. The number of nitrogens with two attached hydrogens (primary N) is 1. The fourth-order valence-electron chi connectivity index (χ4n) is 9.08. The summed E-state index contributed by atoms with van der Waals surface area (Å²) in [6.45, 7) is 9.77. The summed E-state index contributed by atoms with van der Waals surface area (Å²) in [5.41, 5.74) is 11.2. The highest BCUT2D eigenvalue weighted by Gasteiger charge is 2.57. The summed E-state index contributed by atoms with van der Waals surface area (Å²) in [5, 5.41) is 26.2. The van der Waals surface area contributed by atoms with Crippen molar-refractivity contribution >= 4 is 17.4 Å². The molecular formula is C39H57N5O6. The van der Waals surface area contributed by atoms with Gasteiger partial charge in [0.2, 0.25) is 5.91 Å². The second-order valence-electron chi connectivity index (χ2n) is 15.8. The van der Waals surface area contributed by atoms with E-state index in [0.717, 1.165) is 53.8 Å². The molecule has 1 amide bonds. The number of hydrogen-bond donors (Lipinski definition) is 4. The summed E-state index contributed by atoms with van der Waals surface area (Å²) >= 11 is 0. The zero-order valence-electron chi connectivity index (χ0n) is 30.8. The molecule has 2 heterocycles. The van der Waals surface area contributed by atoms with Crippen LogP contribution in [0, 0.1) is 29.1 Å². The van der Waals surface area contributed by atoms with Crippen LogP contribution in [0.25, 0.3) is 11.1 Å². The van der Waals surface area contributed by atoms with Gasteiger partial charge in [-0.3, -0.25) is 14.6 Å². The van der Waals surface area contributed by atoms with Gasteiger partial charge in [-0.1, -0.05) is 39.0 Å². The number of anilines is 1. The Kier molecular flexibility index (Phi) is 10.8. The molecule has 5 fully saturated rings. The van der Waals surface area contributed by atoms with E-state index in [2.05, 4.69) is 37.1 Å². The Morgan fingerprint density at radius 1 is 1.24 bits per heavy atom. The number of aliphatic imine (C=N–C) groups is 1. The molecule has 2 bridgehead atoms. The number of nitrogens with zero attached hydrogens (tertiary/aromatic N) is 3. The number of rotatable bonds is 12. The van der Waals surface area contributed by atoms with Crippen molar-refractivity contribution in [2.24, 2.45) is 39.8 Å². The zero-order valence-corrected chi connectivity index (χ0v) is 30.8. The Labute approximate surface area is 297 Å². The number of benzene rings is 2. The van der Waals surface area contributed by atoms with Crippen molar-refractivity contribution in [2.75, 3.05) is 45.9 Å². The lowest BCUT2D eigenvalue weighted by atomic mass is 9.45. The summed E-state index contributed by atoms with van der Waals surface area (Å²) in [4.78, 5) is 27.2. The number of hydroxylamine groups is 2. The predicted octanol–water partition coefficient (Wildman–Crippen LogP) is 3.97. The van der Waals surface area contributed by atoms with E-state index in [9.17, 15) is 15.0 Å². The van der Waals surface area contributed by atoms with Gasteiger partial charge in [0, 0.05) is 55.0 Å². The molecule has 2 aliphatic heterocycles. The molecule has 3 saturated carbocycles. The SMILES string of the molecule is COc1c(CN2O[C@@H](CO)[C@H]([C@H](C)O)[C@H]2C(=O)N[C@H]2C[C@H]3C[C@@H]([C@@H]2C)C3(C)C)cccc1-c1cc(C(N)=NC[C@@H]2CCCO2)cc(N(C)C)c1. The molecule has 274 valence electrons. The Balaban J connectivity index is 1.29. The topological polar surface area (TPSA) is 142 Å². The predicted molar refractivity (Wildman–Crippen MR) is 195 cm³/mol. The highest BCUT2D eigenvalue weighted by Crippen LogP contribution is 2.61. The van der Waals surface area contributed by atoms with E-state index in [4.69, 9.17) is 20.0 Å². The van der Waals surface area contributed by atoms with E-state index in [1.165, 1.54) is 6.42 Å². The van der Waals surface area contributed by atoms with E-state index in [-0.39, 0.29) is 31.2 Å². The van der Waals surface area contributed by atoms with Crippen LogP contribution >= 0.6 is 0 Å². The van der Waals surface area contributed by atoms with Crippen LogP contribution in [0.3, 0.4) is 0 Å². The molecule has 11 nitrogen and oxygen atoms in total. The lowest BCUT2D eigenvalue weighted by Gasteiger charge is -2.62. The molecule has 0 radical (unpaired) electrons. The Morgan fingerprint density at radius 3 is 2.64 bits per heavy atom. The molecule has 0 aromatic heterocycles. The van der Waals surface area contributed by atoms with Gasteiger partial charge in [0.1, 0.15) is 23.7 Å². The average molecular weight is 692 g/mol. The summed E-state index contributed by atoms with van der Waals surface area (Å²) in [5.74, 6) is 1.80. The first-order valence-electron chi connectivity index (χ1n) is 18.3. The number of para-hydroxylation sites is 1. The lowest BCUT2D eigenvalue weighted by Crippen LogP contribution is -2.62. The molecular weight excluding hydrogens is 634 g/mol. The van der Waals surface area contributed by atoms with Crippen molar-refractivity contribution in [2.45, 2.75) is 90.3 Å². The standard InChI is InChI=1S/C39H57N5O6/c1-22-31-17-27(39(31,3)4)18-32(22)42-38(47)35-34(23(2)46)33(21-45)50-44(35)20-24-10-8-12-30(36(24)48-7)25-14-26(16-28(15-25)43(5)6)37(40)41-19-29-11-9-13-49-29/h8,10,12,14-16,22-23,27,29,31-35,45-46H,9,11,13,17-21H2,1-7H3,(H2,40,41)(H,42,47)/t22-,23-,27+,29-,31-,32-,33-,34-,35-/m0/s1. The second kappa shape index (κ2) is 14.8. The quantitative estimate of drug-likeness (QED) is 0.192. The van der Waals surface area contributed by atoms with Crippen molar-refractivity contribution in [3.05, 3.63) is 47.5 Å². The normalized spacial score (nSPS) is 31.3. The number of nitrogens with one attached hydrogen (secondary N) is 1. The smallest absolute Gasteiger partial charge is 0.240 e. The van der Waals surface area contributed by atoms with E-state index in [0.29, 0.717) is 41.3 Å². The maximum absolute atomic E-state index is 14.2. The number of methoxy groups -OCH3 is 1.